The van der Waals surface area contributed by atoms with Gasteiger partial charge in [-0.05, 0) is 80.6 Å². The lowest BCUT2D eigenvalue weighted by molar-refractivity contribution is -0.112. The van der Waals surface area contributed by atoms with Crippen molar-refractivity contribution in [1.82, 2.24) is 9.55 Å². The molecule has 0 unspecified atom stereocenters. The number of aromatic nitrogens is 2. The number of nitrogens with one attached hydrogen (secondary N) is 1. The van der Waals surface area contributed by atoms with E-state index in [4.69, 9.17) is 0 Å². The summed E-state index contributed by atoms with van der Waals surface area (Å²) >= 11 is 0. The first-order valence-corrected chi connectivity index (χ1v) is 12.6. The number of rotatable bonds is 9. The zero-order chi connectivity index (χ0) is 26.5. The lowest BCUT2D eigenvalue weighted by Gasteiger charge is -2.19. The van der Waals surface area contributed by atoms with E-state index in [1.165, 1.54) is 11.1 Å². The van der Waals surface area contributed by atoms with Crippen molar-refractivity contribution in [3.63, 3.8) is 0 Å². The topological polar surface area (TPSA) is 67.2 Å². The summed E-state index contributed by atoms with van der Waals surface area (Å²) in [6, 6.07) is 23.5. The number of ketones is 1. The fourth-order valence-electron chi connectivity index (χ4n) is 4.54. The number of benzene rings is 2. The first kappa shape index (κ1) is 25.9. The van der Waals surface area contributed by atoms with E-state index in [9.17, 15) is 9.59 Å². The molecule has 0 bridgehead atoms. The molecular formula is C31H34N4O2. The van der Waals surface area contributed by atoms with Gasteiger partial charge in [-0.3, -0.25) is 9.59 Å². The monoisotopic (exact) mass is 494 g/mol. The summed E-state index contributed by atoms with van der Waals surface area (Å²) in [7, 11) is 3.87. The van der Waals surface area contributed by atoms with E-state index in [1.54, 1.807) is 4.57 Å². The molecule has 2 aromatic carbocycles. The number of Topliss-reactive ketones (excluding diaryl/α,β-unsaturated/α-hetero) is 1. The lowest BCUT2D eigenvalue weighted by atomic mass is 10.0. The molecule has 6 heteroatoms. The van der Waals surface area contributed by atoms with E-state index in [0.717, 1.165) is 47.7 Å². The van der Waals surface area contributed by atoms with Crippen LogP contribution in [0.2, 0.25) is 0 Å². The van der Waals surface area contributed by atoms with Gasteiger partial charge in [-0.15, -0.1) is 0 Å². The largest absolute Gasteiger partial charge is 0.360 e. The molecule has 0 atom stereocenters. The number of hydrogen-bond donors (Lipinski definition) is 1. The van der Waals surface area contributed by atoms with Crippen LogP contribution >= 0.6 is 0 Å². The molecule has 0 aliphatic heterocycles. The van der Waals surface area contributed by atoms with Crippen molar-refractivity contribution >= 4 is 23.2 Å². The first-order valence-electron chi connectivity index (χ1n) is 12.6. The van der Waals surface area contributed by atoms with E-state index >= 15 is 0 Å². The van der Waals surface area contributed by atoms with Gasteiger partial charge in [0.05, 0.1) is 0 Å². The summed E-state index contributed by atoms with van der Waals surface area (Å²) in [5.74, 6) is -0.209. The van der Waals surface area contributed by atoms with E-state index in [2.05, 4.69) is 41.3 Å². The number of amides is 1. The molecule has 2 aromatic heterocycles. The van der Waals surface area contributed by atoms with Crippen molar-refractivity contribution < 1.29 is 9.59 Å². The molecule has 0 fully saturated rings. The Hall–Kier alpha value is -4.19. The number of anilines is 2. The van der Waals surface area contributed by atoms with Crippen LogP contribution in [0, 0.1) is 20.8 Å². The van der Waals surface area contributed by atoms with Crippen LogP contribution in [0.4, 0.5) is 11.5 Å². The number of hydrogen-bond acceptors (Lipinski definition) is 4. The highest BCUT2D eigenvalue weighted by Crippen LogP contribution is 2.27. The van der Waals surface area contributed by atoms with Gasteiger partial charge in [0.1, 0.15) is 11.5 Å². The molecule has 0 saturated heterocycles. The molecule has 37 heavy (non-hydrogen) atoms. The second-order valence-electron chi connectivity index (χ2n) is 9.62. The third kappa shape index (κ3) is 6.15. The van der Waals surface area contributed by atoms with Gasteiger partial charge in [0.2, 0.25) is 0 Å². The standard InChI is InChI=1S/C31H34N4O2/c1-21-18-22(2)32-28(19-21)34(4)17-9-10-24-13-15-26(16-14-24)33-31(37)30(36)29-27(20-23(3)35(29)5)25-11-7-6-8-12-25/h6-8,11-16,18-20H,9-10,17H2,1-5H3,(H,33,37). The van der Waals surface area contributed by atoms with E-state index in [0.29, 0.717) is 11.4 Å². The van der Waals surface area contributed by atoms with Crippen LogP contribution in [0.25, 0.3) is 11.1 Å². The van der Waals surface area contributed by atoms with Crippen LogP contribution in [0.1, 0.15) is 39.4 Å². The average molecular weight is 495 g/mol. The summed E-state index contributed by atoms with van der Waals surface area (Å²) in [6.07, 6.45) is 1.88. The molecule has 190 valence electrons. The van der Waals surface area contributed by atoms with Gasteiger partial charge < -0.3 is 14.8 Å². The smallest absolute Gasteiger partial charge is 0.298 e. The molecule has 4 aromatic rings. The zero-order valence-corrected chi connectivity index (χ0v) is 22.2. The second kappa shape index (κ2) is 11.2. The van der Waals surface area contributed by atoms with Crippen LogP contribution in [-0.4, -0.2) is 34.8 Å². The van der Waals surface area contributed by atoms with Crippen molar-refractivity contribution in [3.8, 4) is 11.1 Å². The second-order valence-corrected chi connectivity index (χ2v) is 9.62. The molecule has 4 rings (SSSR count). The molecular weight excluding hydrogens is 460 g/mol. The van der Waals surface area contributed by atoms with E-state index < -0.39 is 11.7 Å². The number of carbonyl (C=O) groups excluding carboxylic acids is 2. The normalized spacial score (nSPS) is 10.8. The van der Waals surface area contributed by atoms with Gasteiger partial charge in [0, 0.05) is 43.3 Å². The van der Waals surface area contributed by atoms with Gasteiger partial charge >= 0.3 is 0 Å². The average Bonchev–Trinajstić information content (AvgIpc) is 3.18. The van der Waals surface area contributed by atoms with Crippen molar-refractivity contribution in [2.75, 3.05) is 23.8 Å². The minimum atomic E-state index is -0.645. The van der Waals surface area contributed by atoms with Crippen LogP contribution in [-0.2, 0) is 18.3 Å². The quantitative estimate of drug-likeness (QED) is 0.232. The Kier molecular flexibility index (Phi) is 7.87. The van der Waals surface area contributed by atoms with Crippen molar-refractivity contribution in [2.24, 2.45) is 7.05 Å². The Balaban J connectivity index is 1.36. The highest BCUT2D eigenvalue weighted by molar-refractivity contribution is 6.47. The van der Waals surface area contributed by atoms with Crippen LogP contribution in [0.3, 0.4) is 0 Å². The van der Waals surface area contributed by atoms with Gasteiger partial charge in [-0.1, -0.05) is 42.5 Å². The van der Waals surface area contributed by atoms with Crippen molar-refractivity contribution in [1.29, 1.82) is 0 Å². The summed E-state index contributed by atoms with van der Waals surface area (Å²) in [5, 5.41) is 2.77. The molecule has 6 nitrogen and oxygen atoms in total. The SMILES string of the molecule is Cc1cc(C)nc(N(C)CCCc2ccc(NC(=O)C(=O)c3c(-c4ccccc4)cc(C)n3C)cc2)c1. The Morgan fingerprint density at radius 2 is 1.65 bits per heavy atom. The Bertz CT molecular complexity index is 1390. The first-order chi connectivity index (χ1) is 17.7. The molecule has 1 amide bonds. The maximum absolute atomic E-state index is 13.2. The number of nitrogens with zero attached hydrogens (tertiary/aromatic N) is 3. The van der Waals surface area contributed by atoms with Crippen LogP contribution < -0.4 is 10.2 Å². The number of carbonyl (C=O) groups is 2. The predicted octanol–water partition coefficient (Wildman–Crippen LogP) is 5.90. The van der Waals surface area contributed by atoms with Crippen LogP contribution in [0.15, 0.2) is 72.8 Å². The van der Waals surface area contributed by atoms with E-state index in [1.807, 2.05) is 81.6 Å². The maximum atomic E-state index is 13.2. The molecule has 0 spiro atoms. The van der Waals surface area contributed by atoms with E-state index in [-0.39, 0.29) is 0 Å². The highest BCUT2D eigenvalue weighted by Gasteiger charge is 2.25. The van der Waals surface area contributed by atoms with Crippen molar-refractivity contribution in [3.05, 3.63) is 101 Å². The minimum Gasteiger partial charge on any atom is -0.360 e. The molecule has 1 N–H and O–H groups in total. The van der Waals surface area contributed by atoms with Gasteiger partial charge in [0.25, 0.3) is 11.7 Å². The van der Waals surface area contributed by atoms with Gasteiger partial charge in [0.15, 0.2) is 0 Å². The predicted molar refractivity (Wildman–Crippen MR) is 150 cm³/mol. The Morgan fingerprint density at radius 3 is 2.32 bits per heavy atom. The fourth-order valence-corrected chi connectivity index (χ4v) is 4.54. The number of pyridine rings is 1. The molecule has 0 aliphatic rings. The summed E-state index contributed by atoms with van der Waals surface area (Å²) in [4.78, 5) is 32.8. The Morgan fingerprint density at radius 1 is 0.946 bits per heavy atom. The summed E-state index contributed by atoms with van der Waals surface area (Å²) in [5.41, 5.74) is 6.99. The number of aryl methyl sites for hydroxylation is 4. The van der Waals surface area contributed by atoms with Gasteiger partial charge in [-0.25, -0.2) is 4.98 Å². The summed E-state index contributed by atoms with van der Waals surface area (Å²) < 4.78 is 1.78. The lowest BCUT2D eigenvalue weighted by Crippen LogP contribution is -2.25. The Labute approximate surface area is 219 Å². The maximum Gasteiger partial charge on any atom is 0.298 e. The third-order valence-electron chi connectivity index (χ3n) is 6.63. The molecule has 0 aliphatic carbocycles. The van der Waals surface area contributed by atoms with Crippen molar-refractivity contribution in [2.45, 2.75) is 33.6 Å². The zero-order valence-electron chi connectivity index (χ0n) is 22.2. The van der Waals surface area contributed by atoms with Crippen LogP contribution in [0.5, 0.6) is 0 Å². The molecule has 0 radical (unpaired) electrons. The fraction of sp³-hybridized carbons (Fsp3) is 0.258. The third-order valence-corrected chi connectivity index (χ3v) is 6.63. The highest BCUT2D eigenvalue weighted by atomic mass is 16.2. The molecule has 0 saturated carbocycles. The van der Waals surface area contributed by atoms with Gasteiger partial charge in [-0.2, -0.15) is 0 Å². The minimum absolute atomic E-state index is 0.389. The molecule has 2 heterocycles. The summed E-state index contributed by atoms with van der Waals surface area (Å²) in [6.45, 7) is 6.92.